The van der Waals surface area contributed by atoms with E-state index in [0.717, 1.165) is 25.7 Å². The summed E-state index contributed by atoms with van der Waals surface area (Å²) in [5.41, 5.74) is -0.0637. The highest BCUT2D eigenvalue weighted by molar-refractivity contribution is 4.71. The van der Waals surface area contributed by atoms with Gasteiger partial charge in [0.25, 0.3) is 0 Å². The van der Waals surface area contributed by atoms with Crippen molar-refractivity contribution < 1.29 is 9.47 Å². The summed E-state index contributed by atoms with van der Waals surface area (Å²) < 4.78 is 11.3. The van der Waals surface area contributed by atoms with Gasteiger partial charge in [-0.3, -0.25) is 4.90 Å². The van der Waals surface area contributed by atoms with Crippen molar-refractivity contribution in [2.75, 3.05) is 52.7 Å². The molecule has 1 aliphatic rings. The average molecular weight is 272 g/mol. The zero-order valence-corrected chi connectivity index (χ0v) is 13.4. The summed E-state index contributed by atoms with van der Waals surface area (Å²) in [6.45, 7) is 18.7. The third kappa shape index (κ3) is 8.58. The first-order valence-electron chi connectivity index (χ1n) is 7.53. The summed E-state index contributed by atoms with van der Waals surface area (Å²) in [7, 11) is 0. The topological polar surface area (TPSA) is 24.9 Å². The van der Waals surface area contributed by atoms with Crippen LogP contribution in [0.3, 0.4) is 0 Å². The molecule has 0 unspecified atom stereocenters. The number of hydrogen-bond acceptors (Lipinski definition) is 4. The van der Waals surface area contributed by atoms with Gasteiger partial charge >= 0.3 is 0 Å². The van der Waals surface area contributed by atoms with Gasteiger partial charge in [-0.25, -0.2) is 0 Å². The summed E-state index contributed by atoms with van der Waals surface area (Å²) in [6, 6.07) is 0. The lowest BCUT2D eigenvalue weighted by Gasteiger charge is -2.35. The Labute approximate surface area is 119 Å². The minimum atomic E-state index is -0.0637. The molecule has 1 heterocycles. The van der Waals surface area contributed by atoms with E-state index in [1.54, 1.807) is 0 Å². The van der Waals surface area contributed by atoms with Crippen LogP contribution in [0.2, 0.25) is 0 Å². The molecule has 0 saturated carbocycles. The number of piperazine rings is 1. The molecular formula is C15H32N2O2. The zero-order chi connectivity index (χ0) is 14.3. The molecule has 0 aromatic heterocycles. The van der Waals surface area contributed by atoms with Crippen LogP contribution in [0.15, 0.2) is 0 Å². The number of ether oxygens (including phenoxy) is 2. The summed E-state index contributed by atoms with van der Waals surface area (Å²) in [6.07, 6.45) is 0. The van der Waals surface area contributed by atoms with Crippen molar-refractivity contribution in [3.63, 3.8) is 0 Å². The van der Waals surface area contributed by atoms with Gasteiger partial charge in [-0.15, -0.1) is 0 Å². The molecule has 114 valence electrons. The van der Waals surface area contributed by atoms with Crippen LogP contribution < -0.4 is 0 Å². The van der Waals surface area contributed by atoms with Gasteiger partial charge < -0.3 is 14.4 Å². The lowest BCUT2D eigenvalue weighted by atomic mass is 10.2. The first kappa shape index (κ1) is 16.9. The van der Waals surface area contributed by atoms with Crippen molar-refractivity contribution in [2.24, 2.45) is 5.92 Å². The van der Waals surface area contributed by atoms with E-state index in [-0.39, 0.29) is 5.60 Å². The van der Waals surface area contributed by atoms with Crippen LogP contribution in [0.1, 0.15) is 34.6 Å². The van der Waals surface area contributed by atoms with Crippen LogP contribution in [0.5, 0.6) is 0 Å². The third-order valence-corrected chi connectivity index (χ3v) is 3.12. The second-order valence-corrected chi connectivity index (χ2v) is 6.81. The van der Waals surface area contributed by atoms with Gasteiger partial charge in [-0.2, -0.15) is 0 Å². The summed E-state index contributed by atoms with van der Waals surface area (Å²) in [4.78, 5) is 4.93. The van der Waals surface area contributed by atoms with Gasteiger partial charge in [0.1, 0.15) is 0 Å². The number of nitrogens with zero attached hydrogens (tertiary/aromatic N) is 2. The Morgan fingerprint density at radius 2 is 1.53 bits per heavy atom. The van der Waals surface area contributed by atoms with Gasteiger partial charge in [0.15, 0.2) is 0 Å². The lowest BCUT2D eigenvalue weighted by Crippen LogP contribution is -2.48. The van der Waals surface area contributed by atoms with E-state index < -0.39 is 0 Å². The maximum atomic E-state index is 5.67. The van der Waals surface area contributed by atoms with Crippen molar-refractivity contribution in [1.82, 2.24) is 9.80 Å². The number of rotatable bonds is 7. The maximum absolute atomic E-state index is 5.67. The minimum Gasteiger partial charge on any atom is -0.373 e. The fourth-order valence-corrected chi connectivity index (χ4v) is 2.22. The second-order valence-electron chi connectivity index (χ2n) is 6.81. The molecule has 0 atom stereocenters. The van der Waals surface area contributed by atoms with E-state index in [1.807, 2.05) is 0 Å². The van der Waals surface area contributed by atoms with Gasteiger partial charge in [0.2, 0.25) is 0 Å². The Balaban J connectivity index is 2.01. The van der Waals surface area contributed by atoms with Gasteiger partial charge in [-0.05, 0) is 26.7 Å². The molecule has 4 heteroatoms. The molecular weight excluding hydrogens is 240 g/mol. The van der Waals surface area contributed by atoms with E-state index in [2.05, 4.69) is 44.4 Å². The van der Waals surface area contributed by atoms with Gasteiger partial charge in [-0.1, -0.05) is 13.8 Å². The third-order valence-electron chi connectivity index (χ3n) is 3.12. The normalized spacial score (nSPS) is 19.3. The molecule has 4 nitrogen and oxygen atoms in total. The Morgan fingerprint density at radius 1 is 0.947 bits per heavy atom. The molecule has 0 radical (unpaired) electrons. The van der Waals surface area contributed by atoms with Crippen LogP contribution >= 0.6 is 0 Å². The van der Waals surface area contributed by atoms with E-state index in [1.165, 1.54) is 19.6 Å². The van der Waals surface area contributed by atoms with E-state index in [4.69, 9.17) is 9.47 Å². The van der Waals surface area contributed by atoms with E-state index in [0.29, 0.717) is 13.2 Å². The number of hydrogen-bond donors (Lipinski definition) is 0. The fraction of sp³-hybridized carbons (Fsp3) is 1.00. The Kier molecular flexibility index (Phi) is 7.29. The van der Waals surface area contributed by atoms with Crippen molar-refractivity contribution >= 4 is 0 Å². The summed E-state index contributed by atoms with van der Waals surface area (Å²) >= 11 is 0. The molecule has 1 fully saturated rings. The predicted molar refractivity (Wildman–Crippen MR) is 79.4 cm³/mol. The fourth-order valence-electron chi connectivity index (χ4n) is 2.22. The zero-order valence-electron chi connectivity index (χ0n) is 13.4. The van der Waals surface area contributed by atoms with E-state index >= 15 is 0 Å². The predicted octanol–water partition coefficient (Wildman–Crippen LogP) is 2.05. The molecule has 1 saturated heterocycles. The van der Waals surface area contributed by atoms with E-state index in [9.17, 15) is 0 Å². The maximum Gasteiger partial charge on any atom is 0.0992 e. The van der Waals surface area contributed by atoms with Gasteiger partial charge in [0, 0.05) is 32.7 Å². The molecule has 0 aromatic rings. The standard InChI is InChI=1S/C15H32N2O2/c1-14(2)12-16-6-8-17(9-7-16)13-18-10-11-19-15(3,4)5/h14H,6-13H2,1-5H3. The molecule has 0 N–H and O–H groups in total. The second kappa shape index (κ2) is 8.20. The lowest BCUT2D eigenvalue weighted by molar-refractivity contribution is -0.0594. The molecule has 1 rings (SSSR count). The van der Waals surface area contributed by atoms with Crippen molar-refractivity contribution in [3.8, 4) is 0 Å². The molecule has 0 amide bonds. The van der Waals surface area contributed by atoms with Crippen molar-refractivity contribution in [2.45, 2.75) is 40.2 Å². The Bertz CT molecular complexity index is 231. The summed E-state index contributed by atoms with van der Waals surface area (Å²) in [5, 5.41) is 0. The molecule has 0 spiro atoms. The quantitative estimate of drug-likeness (QED) is 0.662. The molecule has 1 aliphatic heterocycles. The molecule has 0 bridgehead atoms. The SMILES string of the molecule is CC(C)CN1CCN(COCCOC(C)(C)C)CC1. The molecule has 0 aromatic carbocycles. The van der Waals surface area contributed by atoms with Crippen molar-refractivity contribution in [1.29, 1.82) is 0 Å². The van der Waals surface area contributed by atoms with Crippen LogP contribution in [0.4, 0.5) is 0 Å². The highest BCUT2D eigenvalue weighted by atomic mass is 16.5. The molecule has 0 aliphatic carbocycles. The first-order valence-corrected chi connectivity index (χ1v) is 7.53. The first-order chi connectivity index (χ1) is 8.87. The largest absolute Gasteiger partial charge is 0.373 e. The molecule has 19 heavy (non-hydrogen) atoms. The van der Waals surface area contributed by atoms with Crippen LogP contribution in [0.25, 0.3) is 0 Å². The minimum absolute atomic E-state index is 0.0637. The summed E-state index contributed by atoms with van der Waals surface area (Å²) in [5.74, 6) is 0.761. The van der Waals surface area contributed by atoms with Crippen LogP contribution in [0, 0.1) is 5.92 Å². The van der Waals surface area contributed by atoms with Crippen LogP contribution in [-0.4, -0.2) is 68.1 Å². The van der Waals surface area contributed by atoms with Crippen molar-refractivity contribution in [3.05, 3.63) is 0 Å². The highest BCUT2D eigenvalue weighted by Gasteiger charge is 2.17. The Morgan fingerprint density at radius 3 is 2.05 bits per heavy atom. The monoisotopic (exact) mass is 272 g/mol. The van der Waals surface area contributed by atoms with Gasteiger partial charge in [0.05, 0.1) is 25.5 Å². The van der Waals surface area contributed by atoms with Crippen LogP contribution in [-0.2, 0) is 9.47 Å². The Hall–Kier alpha value is -0.160. The average Bonchev–Trinajstić information content (AvgIpc) is 2.28. The smallest absolute Gasteiger partial charge is 0.0992 e. The highest BCUT2D eigenvalue weighted by Crippen LogP contribution is 2.07.